The van der Waals surface area contributed by atoms with Crippen LogP contribution in [0.2, 0.25) is 0 Å². The van der Waals surface area contributed by atoms with Crippen LogP contribution >= 0.6 is 0 Å². The lowest BCUT2D eigenvalue weighted by Crippen LogP contribution is -2.49. The number of aliphatic hydroxyl groups is 1. The molecule has 3 N–H and O–H groups in total. The van der Waals surface area contributed by atoms with Crippen LogP contribution in [0, 0.1) is 0 Å². The first kappa shape index (κ1) is 15.5. The van der Waals surface area contributed by atoms with Crippen LogP contribution in [0.1, 0.15) is 24.8 Å². The lowest BCUT2D eigenvalue weighted by Gasteiger charge is -2.36. The summed E-state index contributed by atoms with van der Waals surface area (Å²) in [5.41, 5.74) is -0.344. The van der Waals surface area contributed by atoms with Crippen LogP contribution in [0.3, 0.4) is 0 Å². The van der Waals surface area contributed by atoms with Crippen molar-refractivity contribution in [3.8, 4) is 5.75 Å². The standard InChI is InChI=1S/C14H18F2N2O3/c15-12(16)21-11-5-2-1-4-10(11)8-17-13(19)18-9-14(20)6-3-7-14/h1-2,4-5,12,20H,3,6-9H2,(H2,17,18,19). The second-order valence-corrected chi connectivity index (χ2v) is 5.10. The zero-order valence-corrected chi connectivity index (χ0v) is 11.4. The molecule has 1 aromatic rings. The minimum absolute atomic E-state index is 0.0328. The number of amides is 2. The summed E-state index contributed by atoms with van der Waals surface area (Å²) in [5.74, 6) is 0.0328. The minimum atomic E-state index is -2.91. The van der Waals surface area contributed by atoms with E-state index in [9.17, 15) is 18.7 Å². The van der Waals surface area contributed by atoms with Crippen LogP contribution in [-0.4, -0.2) is 29.9 Å². The van der Waals surface area contributed by atoms with Gasteiger partial charge in [0.05, 0.1) is 5.60 Å². The number of rotatable bonds is 6. The predicted octanol–water partition coefficient (Wildman–Crippen LogP) is 2.00. The highest BCUT2D eigenvalue weighted by molar-refractivity contribution is 5.74. The molecule has 1 aliphatic carbocycles. The lowest BCUT2D eigenvalue weighted by molar-refractivity contribution is -0.0504. The van der Waals surface area contributed by atoms with E-state index in [0.29, 0.717) is 18.4 Å². The molecule has 0 saturated heterocycles. The van der Waals surface area contributed by atoms with Crippen molar-refractivity contribution in [2.24, 2.45) is 0 Å². The van der Waals surface area contributed by atoms with Gasteiger partial charge >= 0.3 is 12.6 Å². The molecule has 1 aromatic carbocycles. The molecule has 7 heteroatoms. The molecule has 5 nitrogen and oxygen atoms in total. The molecule has 0 aromatic heterocycles. The molecule has 0 bridgehead atoms. The van der Waals surface area contributed by atoms with Gasteiger partial charge in [-0.2, -0.15) is 8.78 Å². The number of benzene rings is 1. The highest BCUT2D eigenvalue weighted by Gasteiger charge is 2.34. The van der Waals surface area contributed by atoms with E-state index in [4.69, 9.17) is 0 Å². The van der Waals surface area contributed by atoms with E-state index in [-0.39, 0.29) is 18.8 Å². The number of ether oxygens (including phenoxy) is 1. The third kappa shape index (κ3) is 4.56. The number of carbonyl (C=O) groups excluding carboxylic acids is 1. The van der Waals surface area contributed by atoms with E-state index in [0.717, 1.165) is 6.42 Å². The molecule has 1 fully saturated rings. The maximum absolute atomic E-state index is 12.2. The molecule has 0 aliphatic heterocycles. The van der Waals surface area contributed by atoms with Crippen molar-refractivity contribution in [3.63, 3.8) is 0 Å². The normalized spacial score (nSPS) is 16.2. The number of carbonyl (C=O) groups is 1. The zero-order valence-electron chi connectivity index (χ0n) is 11.4. The van der Waals surface area contributed by atoms with Gasteiger partial charge in [0.15, 0.2) is 0 Å². The Balaban J connectivity index is 1.80. The fourth-order valence-corrected chi connectivity index (χ4v) is 2.11. The summed E-state index contributed by atoms with van der Waals surface area (Å²) in [5, 5.41) is 15.0. The molecule has 21 heavy (non-hydrogen) atoms. The molecule has 0 radical (unpaired) electrons. The molecule has 0 atom stereocenters. The van der Waals surface area contributed by atoms with Gasteiger partial charge < -0.3 is 20.5 Å². The zero-order chi connectivity index (χ0) is 15.3. The van der Waals surface area contributed by atoms with Crippen LogP contribution in [0.25, 0.3) is 0 Å². The maximum atomic E-state index is 12.2. The third-order valence-electron chi connectivity index (χ3n) is 3.49. The average molecular weight is 300 g/mol. The van der Waals surface area contributed by atoms with Crippen molar-refractivity contribution in [1.82, 2.24) is 10.6 Å². The molecule has 0 spiro atoms. The number of urea groups is 1. The Labute approximate surface area is 121 Å². The van der Waals surface area contributed by atoms with Gasteiger partial charge in [0.2, 0.25) is 0 Å². The van der Waals surface area contributed by atoms with Crippen LogP contribution in [0.4, 0.5) is 13.6 Å². The molecule has 1 saturated carbocycles. The topological polar surface area (TPSA) is 70.6 Å². The highest BCUT2D eigenvalue weighted by atomic mass is 19.3. The van der Waals surface area contributed by atoms with Crippen molar-refractivity contribution in [1.29, 1.82) is 0 Å². The number of hydrogen-bond donors (Lipinski definition) is 3. The molecule has 2 amide bonds. The summed E-state index contributed by atoms with van der Waals surface area (Å²) in [6, 6.07) is 5.80. The van der Waals surface area contributed by atoms with Gasteiger partial charge in [-0.15, -0.1) is 0 Å². The maximum Gasteiger partial charge on any atom is 0.387 e. The van der Waals surface area contributed by atoms with E-state index in [2.05, 4.69) is 15.4 Å². The van der Waals surface area contributed by atoms with Crippen molar-refractivity contribution in [2.45, 2.75) is 38.0 Å². The minimum Gasteiger partial charge on any atom is -0.434 e. The van der Waals surface area contributed by atoms with E-state index < -0.39 is 18.2 Å². The Hall–Kier alpha value is -1.89. The summed E-state index contributed by atoms with van der Waals surface area (Å²) in [6.07, 6.45) is 2.31. The van der Waals surface area contributed by atoms with Crippen LogP contribution < -0.4 is 15.4 Å². The van der Waals surface area contributed by atoms with Gasteiger partial charge in [-0.3, -0.25) is 0 Å². The van der Waals surface area contributed by atoms with Crippen LogP contribution in [0.5, 0.6) is 5.75 Å². The van der Waals surface area contributed by atoms with Crippen LogP contribution in [0.15, 0.2) is 24.3 Å². The third-order valence-corrected chi connectivity index (χ3v) is 3.49. The predicted molar refractivity (Wildman–Crippen MR) is 72.1 cm³/mol. The second-order valence-electron chi connectivity index (χ2n) is 5.10. The molecular weight excluding hydrogens is 282 g/mol. The number of alkyl halides is 2. The van der Waals surface area contributed by atoms with E-state index >= 15 is 0 Å². The van der Waals surface area contributed by atoms with E-state index in [1.54, 1.807) is 18.2 Å². The number of nitrogens with one attached hydrogen (secondary N) is 2. The smallest absolute Gasteiger partial charge is 0.387 e. The molecular formula is C14H18F2N2O3. The Bertz CT molecular complexity index is 493. The van der Waals surface area contributed by atoms with Crippen LogP contribution in [-0.2, 0) is 6.54 Å². The van der Waals surface area contributed by atoms with Crippen molar-refractivity contribution in [2.75, 3.05) is 6.54 Å². The Morgan fingerprint density at radius 1 is 1.33 bits per heavy atom. The summed E-state index contributed by atoms with van der Waals surface area (Å²) < 4.78 is 28.9. The molecule has 116 valence electrons. The van der Waals surface area contributed by atoms with E-state index in [1.165, 1.54) is 6.07 Å². The molecule has 1 aliphatic rings. The summed E-state index contributed by atoms with van der Waals surface area (Å²) in [6.45, 7) is -2.66. The number of halogens is 2. The number of hydrogen-bond acceptors (Lipinski definition) is 3. The number of para-hydroxylation sites is 1. The van der Waals surface area contributed by atoms with E-state index in [1.807, 2.05) is 0 Å². The lowest BCUT2D eigenvalue weighted by atomic mass is 9.80. The quantitative estimate of drug-likeness (QED) is 0.752. The van der Waals surface area contributed by atoms with Crippen molar-refractivity contribution < 1.29 is 23.4 Å². The average Bonchev–Trinajstić information content (AvgIpc) is 2.41. The van der Waals surface area contributed by atoms with Crippen molar-refractivity contribution in [3.05, 3.63) is 29.8 Å². The van der Waals surface area contributed by atoms with Gasteiger partial charge in [-0.25, -0.2) is 4.79 Å². The molecule has 0 unspecified atom stereocenters. The first-order chi connectivity index (χ1) is 9.98. The monoisotopic (exact) mass is 300 g/mol. The SMILES string of the molecule is O=C(NCc1ccccc1OC(F)F)NCC1(O)CCC1. The highest BCUT2D eigenvalue weighted by Crippen LogP contribution is 2.30. The largest absolute Gasteiger partial charge is 0.434 e. The fraction of sp³-hybridized carbons (Fsp3) is 0.500. The summed E-state index contributed by atoms with van der Waals surface area (Å²) >= 11 is 0. The first-order valence-corrected chi connectivity index (χ1v) is 6.75. The van der Waals surface area contributed by atoms with Gasteiger partial charge in [-0.05, 0) is 25.3 Å². The van der Waals surface area contributed by atoms with Gasteiger partial charge in [0.25, 0.3) is 0 Å². The Morgan fingerprint density at radius 3 is 2.67 bits per heavy atom. The Morgan fingerprint density at radius 2 is 2.05 bits per heavy atom. The fourth-order valence-electron chi connectivity index (χ4n) is 2.11. The molecule has 0 heterocycles. The van der Waals surface area contributed by atoms with Gasteiger partial charge in [0, 0.05) is 18.7 Å². The van der Waals surface area contributed by atoms with Crippen molar-refractivity contribution >= 4 is 6.03 Å². The molecule has 2 rings (SSSR count). The Kier molecular flexibility index (Phi) is 4.95. The second kappa shape index (κ2) is 6.71. The van der Waals surface area contributed by atoms with Gasteiger partial charge in [0.1, 0.15) is 5.75 Å². The van der Waals surface area contributed by atoms with Gasteiger partial charge in [-0.1, -0.05) is 18.2 Å². The summed E-state index contributed by atoms with van der Waals surface area (Å²) in [7, 11) is 0. The first-order valence-electron chi connectivity index (χ1n) is 6.75. The summed E-state index contributed by atoms with van der Waals surface area (Å²) in [4.78, 5) is 11.6.